The van der Waals surface area contributed by atoms with Gasteiger partial charge >= 0.3 is 0 Å². The molecule has 0 spiro atoms. The minimum absolute atomic E-state index is 0. The van der Waals surface area contributed by atoms with Gasteiger partial charge in [0.1, 0.15) is 5.60 Å². The van der Waals surface area contributed by atoms with Crippen LogP contribution in [0.15, 0.2) is 46.5 Å². The van der Waals surface area contributed by atoms with Crippen LogP contribution in [0.5, 0.6) is 0 Å². The lowest BCUT2D eigenvalue weighted by Gasteiger charge is -2.23. The van der Waals surface area contributed by atoms with Gasteiger partial charge in [-0.2, -0.15) is 5.10 Å². The van der Waals surface area contributed by atoms with Crippen molar-refractivity contribution in [3.63, 3.8) is 0 Å². The van der Waals surface area contributed by atoms with E-state index in [-0.39, 0.29) is 42.0 Å². The molecule has 0 bridgehead atoms. The van der Waals surface area contributed by atoms with Crippen LogP contribution in [-0.2, 0) is 29.2 Å². The van der Waals surface area contributed by atoms with Crippen molar-refractivity contribution >= 4 is 40.0 Å². The summed E-state index contributed by atoms with van der Waals surface area (Å²) >= 11 is 0. The lowest BCUT2D eigenvalue weighted by molar-refractivity contribution is 0.0616. The van der Waals surface area contributed by atoms with Gasteiger partial charge in [-0.15, -0.1) is 24.0 Å². The third-order valence-electron chi connectivity index (χ3n) is 3.92. The molecule has 0 amide bonds. The number of hydrogen-bond acceptors (Lipinski definition) is 5. The molecule has 2 rings (SSSR count). The van der Waals surface area contributed by atoms with Crippen LogP contribution in [0.25, 0.3) is 0 Å². The van der Waals surface area contributed by atoms with Gasteiger partial charge in [-0.1, -0.05) is 12.1 Å². The van der Waals surface area contributed by atoms with Crippen LogP contribution < -0.4 is 15.8 Å². The molecular weight excluding hydrogens is 495 g/mol. The summed E-state index contributed by atoms with van der Waals surface area (Å²) in [5.41, 5.74) is 0.268. The number of aromatic nitrogens is 2. The normalized spacial score (nSPS) is 14.1. The second kappa shape index (κ2) is 10.2. The SMILES string of the molecule is CCNC(=NCc1cccc(S(N)(=O)=O)c1)NCC(C)(O)c1cnn(C)c1.I. The summed E-state index contributed by atoms with van der Waals surface area (Å²) in [6.45, 7) is 4.74. The molecule has 0 aliphatic rings. The van der Waals surface area contributed by atoms with Crippen molar-refractivity contribution in [2.75, 3.05) is 13.1 Å². The highest BCUT2D eigenvalue weighted by Gasteiger charge is 2.25. The van der Waals surface area contributed by atoms with Gasteiger partial charge in [0.15, 0.2) is 5.96 Å². The zero-order chi connectivity index (χ0) is 20.1. The highest BCUT2D eigenvalue weighted by Crippen LogP contribution is 2.18. The number of aliphatic hydroxyl groups is 1. The number of guanidine groups is 1. The number of nitrogens with two attached hydrogens (primary N) is 1. The quantitative estimate of drug-likeness (QED) is 0.240. The molecule has 11 heteroatoms. The number of benzene rings is 1. The van der Waals surface area contributed by atoms with Gasteiger partial charge in [-0.3, -0.25) is 4.68 Å². The Labute approximate surface area is 182 Å². The average molecular weight is 522 g/mol. The Morgan fingerprint density at radius 1 is 1.39 bits per heavy atom. The van der Waals surface area contributed by atoms with Gasteiger partial charge in [-0.25, -0.2) is 18.5 Å². The smallest absolute Gasteiger partial charge is 0.238 e. The maximum absolute atomic E-state index is 11.5. The molecule has 1 heterocycles. The fourth-order valence-electron chi connectivity index (χ4n) is 2.39. The Hall–Kier alpha value is -1.70. The van der Waals surface area contributed by atoms with Crippen LogP contribution >= 0.6 is 24.0 Å². The average Bonchev–Trinajstić information content (AvgIpc) is 3.04. The Morgan fingerprint density at radius 2 is 2.11 bits per heavy atom. The Kier molecular flexibility index (Phi) is 8.85. The molecule has 0 saturated carbocycles. The van der Waals surface area contributed by atoms with E-state index in [0.29, 0.717) is 23.6 Å². The number of aryl methyl sites for hydroxylation is 1. The van der Waals surface area contributed by atoms with Crippen LogP contribution in [-0.4, -0.2) is 42.4 Å². The monoisotopic (exact) mass is 522 g/mol. The topological polar surface area (TPSA) is 135 Å². The summed E-state index contributed by atoms with van der Waals surface area (Å²) < 4.78 is 24.5. The summed E-state index contributed by atoms with van der Waals surface area (Å²) in [5.74, 6) is 0.502. The Balaban J connectivity index is 0.00000392. The zero-order valence-corrected chi connectivity index (χ0v) is 19.2. The van der Waals surface area contributed by atoms with Crippen molar-refractivity contribution in [2.45, 2.75) is 30.9 Å². The molecule has 1 aromatic carbocycles. The van der Waals surface area contributed by atoms with Crippen molar-refractivity contribution in [3.8, 4) is 0 Å². The van der Waals surface area contributed by atoms with E-state index in [9.17, 15) is 13.5 Å². The molecule has 1 unspecified atom stereocenters. The van der Waals surface area contributed by atoms with E-state index in [1.807, 2.05) is 6.92 Å². The Morgan fingerprint density at radius 3 is 2.68 bits per heavy atom. The van der Waals surface area contributed by atoms with E-state index in [2.05, 4.69) is 20.7 Å². The molecule has 0 fully saturated rings. The number of hydrogen-bond donors (Lipinski definition) is 4. The standard InChI is InChI=1S/C17H26N6O3S.HI/c1-4-19-16(21-12-17(2,24)14-10-22-23(3)11-14)20-9-13-6-5-7-15(8-13)27(18,25)26;/h5-8,10-11,24H,4,9,12H2,1-3H3,(H2,18,25,26)(H2,19,20,21);1H. The van der Waals surface area contributed by atoms with E-state index in [1.165, 1.54) is 12.1 Å². The molecule has 2 aromatic rings. The van der Waals surface area contributed by atoms with E-state index >= 15 is 0 Å². The maximum atomic E-state index is 11.5. The predicted molar refractivity (Wildman–Crippen MR) is 119 cm³/mol. The van der Waals surface area contributed by atoms with E-state index < -0.39 is 15.6 Å². The summed E-state index contributed by atoms with van der Waals surface area (Å²) in [4.78, 5) is 4.48. The van der Waals surface area contributed by atoms with Gasteiger partial charge in [0.2, 0.25) is 10.0 Å². The number of nitrogens with zero attached hydrogens (tertiary/aromatic N) is 3. The minimum Gasteiger partial charge on any atom is -0.383 e. The van der Waals surface area contributed by atoms with Crippen molar-refractivity contribution < 1.29 is 13.5 Å². The number of primary sulfonamides is 1. The van der Waals surface area contributed by atoms with Gasteiger partial charge in [0.05, 0.1) is 24.2 Å². The Bertz CT molecular complexity index is 911. The van der Waals surface area contributed by atoms with Crippen LogP contribution in [0.2, 0.25) is 0 Å². The zero-order valence-electron chi connectivity index (χ0n) is 16.1. The molecule has 0 radical (unpaired) electrons. The first-order valence-corrected chi connectivity index (χ1v) is 10.0. The molecular formula is C17H27IN6O3S. The third-order valence-corrected chi connectivity index (χ3v) is 4.83. The van der Waals surface area contributed by atoms with Gasteiger partial charge in [0.25, 0.3) is 0 Å². The molecule has 5 N–H and O–H groups in total. The second-order valence-electron chi connectivity index (χ2n) is 6.42. The lowest BCUT2D eigenvalue weighted by Crippen LogP contribution is -2.44. The number of halogens is 1. The van der Waals surface area contributed by atoms with Gasteiger partial charge in [0, 0.05) is 25.4 Å². The highest BCUT2D eigenvalue weighted by molar-refractivity contribution is 14.0. The largest absolute Gasteiger partial charge is 0.383 e. The van der Waals surface area contributed by atoms with Crippen LogP contribution in [0.4, 0.5) is 0 Å². The van der Waals surface area contributed by atoms with Gasteiger partial charge in [-0.05, 0) is 31.5 Å². The number of rotatable bonds is 7. The van der Waals surface area contributed by atoms with Crippen molar-refractivity contribution in [3.05, 3.63) is 47.8 Å². The first-order valence-electron chi connectivity index (χ1n) is 8.47. The molecule has 28 heavy (non-hydrogen) atoms. The number of nitrogens with one attached hydrogen (secondary N) is 2. The van der Waals surface area contributed by atoms with Gasteiger partial charge < -0.3 is 15.7 Å². The molecule has 0 aliphatic heterocycles. The van der Waals surface area contributed by atoms with Crippen LogP contribution in [0, 0.1) is 0 Å². The summed E-state index contributed by atoms with van der Waals surface area (Å²) in [6.07, 6.45) is 3.37. The first kappa shape index (κ1) is 24.3. The molecule has 0 aliphatic carbocycles. The first-order chi connectivity index (χ1) is 12.6. The predicted octanol–water partition coefficient (Wildman–Crippen LogP) is 0.648. The van der Waals surface area contributed by atoms with Crippen molar-refractivity contribution in [1.82, 2.24) is 20.4 Å². The summed E-state index contributed by atoms with van der Waals surface area (Å²) in [7, 11) is -1.97. The fraction of sp³-hybridized carbons (Fsp3) is 0.412. The molecule has 0 saturated heterocycles. The van der Waals surface area contributed by atoms with Crippen molar-refractivity contribution in [2.24, 2.45) is 17.2 Å². The molecule has 156 valence electrons. The molecule has 1 aromatic heterocycles. The molecule has 1 atom stereocenters. The fourth-order valence-corrected chi connectivity index (χ4v) is 2.97. The summed E-state index contributed by atoms with van der Waals surface area (Å²) in [5, 5.41) is 26.1. The number of sulfonamides is 1. The van der Waals surface area contributed by atoms with Crippen LogP contribution in [0.1, 0.15) is 25.0 Å². The van der Waals surface area contributed by atoms with Crippen molar-refractivity contribution in [1.29, 1.82) is 0 Å². The highest BCUT2D eigenvalue weighted by atomic mass is 127. The van der Waals surface area contributed by atoms with E-state index in [0.717, 1.165) is 0 Å². The lowest BCUT2D eigenvalue weighted by atomic mass is 10.00. The van der Waals surface area contributed by atoms with E-state index in [1.54, 1.807) is 43.2 Å². The van der Waals surface area contributed by atoms with E-state index in [4.69, 9.17) is 5.14 Å². The number of aliphatic imine (C=N–C) groups is 1. The van der Waals surface area contributed by atoms with Crippen LogP contribution in [0.3, 0.4) is 0 Å². The maximum Gasteiger partial charge on any atom is 0.238 e. The molecule has 9 nitrogen and oxygen atoms in total. The summed E-state index contributed by atoms with van der Waals surface area (Å²) in [6, 6.07) is 6.33. The minimum atomic E-state index is -3.75. The second-order valence-corrected chi connectivity index (χ2v) is 7.98. The third kappa shape index (κ3) is 7.04.